The van der Waals surface area contributed by atoms with Crippen molar-refractivity contribution in [3.05, 3.63) is 35.9 Å². The number of benzene rings is 1. The van der Waals surface area contributed by atoms with Crippen LogP contribution in [0.4, 0.5) is 0 Å². The molecule has 2 aliphatic rings. The molecule has 2 fully saturated rings. The molecule has 0 radical (unpaired) electrons. The molecule has 3 heteroatoms. The number of hydrogen-bond donors (Lipinski definition) is 1. The summed E-state index contributed by atoms with van der Waals surface area (Å²) in [5.74, 6) is 0.0677. The van der Waals surface area contributed by atoms with E-state index in [2.05, 4.69) is 17.3 Å². The molecule has 1 aliphatic carbocycles. The Morgan fingerprint density at radius 1 is 1.29 bits per heavy atom. The van der Waals surface area contributed by atoms with Crippen LogP contribution in [0.2, 0.25) is 0 Å². The summed E-state index contributed by atoms with van der Waals surface area (Å²) in [6, 6.07) is 9.84. The molecule has 1 heterocycles. The van der Waals surface area contributed by atoms with Gasteiger partial charge in [0.05, 0.1) is 0 Å². The molecule has 0 unspecified atom stereocenters. The largest absolute Gasteiger partial charge is 0.349 e. The first-order valence-electron chi connectivity index (χ1n) is 6.21. The number of carbonyl (C=O) groups excluding carboxylic acids is 1. The summed E-state index contributed by atoms with van der Waals surface area (Å²) >= 11 is 0. The van der Waals surface area contributed by atoms with Crippen LogP contribution in [-0.4, -0.2) is 37.0 Å². The molecule has 3 nitrogen and oxygen atoms in total. The summed E-state index contributed by atoms with van der Waals surface area (Å²) < 4.78 is 0. The lowest BCUT2D eigenvalue weighted by molar-refractivity contribution is -0.0625. The minimum atomic E-state index is 0.0677. The highest BCUT2D eigenvalue weighted by Gasteiger charge is 2.51. The number of carbonyl (C=O) groups is 1. The predicted molar refractivity (Wildman–Crippen MR) is 66.9 cm³/mol. The maximum atomic E-state index is 11.9. The number of amides is 1. The second-order valence-corrected chi connectivity index (χ2v) is 5.62. The van der Waals surface area contributed by atoms with Crippen LogP contribution in [-0.2, 0) is 0 Å². The molecule has 1 saturated heterocycles. The van der Waals surface area contributed by atoms with E-state index in [-0.39, 0.29) is 5.91 Å². The number of rotatable bonds is 2. The van der Waals surface area contributed by atoms with Crippen molar-refractivity contribution in [1.29, 1.82) is 0 Å². The lowest BCUT2D eigenvalue weighted by atomic mass is 9.61. The van der Waals surface area contributed by atoms with Gasteiger partial charge in [-0.1, -0.05) is 18.2 Å². The second kappa shape index (κ2) is 3.84. The summed E-state index contributed by atoms with van der Waals surface area (Å²) in [5.41, 5.74) is 1.29. The van der Waals surface area contributed by atoms with E-state index in [0.717, 1.165) is 18.4 Å². The van der Waals surface area contributed by atoms with Gasteiger partial charge in [-0.2, -0.15) is 0 Å². The van der Waals surface area contributed by atoms with E-state index in [1.165, 1.54) is 13.1 Å². The van der Waals surface area contributed by atoms with Crippen LogP contribution in [0.5, 0.6) is 0 Å². The van der Waals surface area contributed by atoms with Gasteiger partial charge in [0.1, 0.15) is 0 Å². The monoisotopic (exact) mass is 230 g/mol. The summed E-state index contributed by atoms with van der Waals surface area (Å²) in [4.78, 5) is 14.3. The Labute approximate surface area is 102 Å². The fourth-order valence-corrected chi connectivity index (χ4v) is 3.30. The molecular weight excluding hydrogens is 212 g/mol. The normalized spacial score (nSPS) is 22.9. The molecule has 17 heavy (non-hydrogen) atoms. The lowest BCUT2D eigenvalue weighted by Gasteiger charge is -2.58. The summed E-state index contributed by atoms with van der Waals surface area (Å²) in [5, 5.41) is 3.11. The first kappa shape index (κ1) is 10.8. The van der Waals surface area contributed by atoms with Gasteiger partial charge >= 0.3 is 0 Å². The quantitative estimate of drug-likeness (QED) is 0.835. The Bertz CT molecular complexity index is 415. The van der Waals surface area contributed by atoms with Gasteiger partial charge in [0.25, 0.3) is 5.91 Å². The summed E-state index contributed by atoms with van der Waals surface area (Å²) in [7, 11) is 2.15. The molecule has 1 N–H and O–H groups in total. The molecule has 90 valence electrons. The fourth-order valence-electron chi connectivity index (χ4n) is 3.30. The van der Waals surface area contributed by atoms with Crippen molar-refractivity contribution in [2.24, 2.45) is 5.41 Å². The molecule has 1 aliphatic heterocycles. The van der Waals surface area contributed by atoms with E-state index in [0.29, 0.717) is 11.5 Å². The predicted octanol–water partition coefficient (Wildman–Crippen LogP) is 1.51. The Hall–Kier alpha value is -1.35. The van der Waals surface area contributed by atoms with Crippen LogP contribution in [0.25, 0.3) is 0 Å². The van der Waals surface area contributed by atoms with E-state index in [4.69, 9.17) is 0 Å². The highest BCUT2D eigenvalue weighted by molar-refractivity contribution is 5.94. The van der Waals surface area contributed by atoms with Gasteiger partial charge in [0, 0.05) is 24.7 Å². The highest BCUT2D eigenvalue weighted by atomic mass is 16.1. The van der Waals surface area contributed by atoms with Crippen molar-refractivity contribution in [3.63, 3.8) is 0 Å². The topological polar surface area (TPSA) is 32.3 Å². The standard InChI is InChI=1S/C14H18N2O/c1-16-9-14(10-16)7-12(8-14)15-13(17)11-5-3-2-4-6-11/h2-6,12H,7-10H2,1H3,(H,15,17). The van der Waals surface area contributed by atoms with Gasteiger partial charge in [0.2, 0.25) is 0 Å². The molecular formula is C14H18N2O. The van der Waals surface area contributed by atoms with E-state index in [1.54, 1.807) is 0 Å². The van der Waals surface area contributed by atoms with Crippen LogP contribution in [0.15, 0.2) is 30.3 Å². The zero-order valence-electron chi connectivity index (χ0n) is 10.1. The van der Waals surface area contributed by atoms with Gasteiger partial charge in [-0.15, -0.1) is 0 Å². The maximum Gasteiger partial charge on any atom is 0.251 e. The first-order chi connectivity index (χ1) is 8.17. The SMILES string of the molecule is CN1CC2(CC(NC(=O)c3ccccc3)C2)C1. The van der Waals surface area contributed by atoms with Crippen molar-refractivity contribution in [2.45, 2.75) is 18.9 Å². The maximum absolute atomic E-state index is 11.9. The average molecular weight is 230 g/mol. The molecule has 3 rings (SSSR count). The van der Waals surface area contributed by atoms with Crippen molar-refractivity contribution < 1.29 is 4.79 Å². The third-order valence-electron chi connectivity index (χ3n) is 3.94. The lowest BCUT2D eigenvalue weighted by Crippen LogP contribution is -2.65. The Morgan fingerprint density at radius 3 is 2.53 bits per heavy atom. The molecule has 1 aromatic rings. The zero-order valence-corrected chi connectivity index (χ0v) is 10.1. The number of nitrogens with one attached hydrogen (secondary N) is 1. The summed E-state index contributed by atoms with van der Waals surface area (Å²) in [6.45, 7) is 2.40. The van der Waals surface area contributed by atoms with Crippen LogP contribution < -0.4 is 5.32 Å². The molecule has 1 saturated carbocycles. The minimum absolute atomic E-state index is 0.0677. The van der Waals surface area contributed by atoms with Crippen LogP contribution in [0, 0.1) is 5.41 Å². The highest BCUT2D eigenvalue weighted by Crippen LogP contribution is 2.47. The third kappa shape index (κ3) is 1.95. The Balaban J connectivity index is 1.52. The zero-order chi connectivity index (χ0) is 11.9. The Morgan fingerprint density at radius 2 is 1.94 bits per heavy atom. The van der Waals surface area contributed by atoms with Crippen molar-refractivity contribution in [1.82, 2.24) is 10.2 Å². The number of nitrogens with zero attached hydrogens (tertiary/aromatic N) is 1. The molecule has 1 aromatic carbocycles. The van der Waals surface area contributed by atoms with Crippen LogP contribution >= 0.6 is 0 Å². The number of likely N-dealkylation sites (tertiary alicyclic amines) is 1. The smallest absolute Gasteiger partial charge is 0.251 e. The van der Waals surface area contributed by atoms with Crippen LogP contribution in [0.3, 0.4) is 0 Å². The first-order valence-corrected chi connectivity index (χ1v) is 6.21. The van der Waals surface area contributed by atoms with Crippen molar-refractivity contribution in [3.8, 4) is 0 Å². The van der Waals surface area contributed by atoms with Gasteiger partial charge < -0.3 is 10.2 Å². The minimum Gasteiger partial charge on any atom is -0.349 e. The average Bonchev–Trinajstić information content (AvgIpc) is 2.25. The van der Waals surface area contributed by atoms with Gasteiger partial charge in [-0.05, 0) is 37.4 Å². The van der Waals surface area contributed by atoms with Gasteiger partial charge in [-0.3, -0.25) is 4.79 Å². The molecule has 1 spiro atoms. The van der Waals surface area contributed by atoms with Crippen LogP contribution in [0.1, 0.15) is 23.2 Å². The van der Waals surface area contributed by atoms with E-state index in [1.807, 2.05) is 30.3 Å². The molecule has 1 amide bonds. The van der Waals surface area contributed by atoms with Gasteiger partial charge in [-0.25, -0.2) is 0 Å². The fraction of sp³-hybridized carbons (Fsp3) is 0.500. The molecule has 0 bridgehead atoms. The molecule has 0 atom stereocenters. The second-order valence-electron chi connectivity index (χ2n) is 5.62. The van der Waals surface area contributed by atoms with Crippen molar-refractivity contribution >= 4 is 5.91 Å². The third-order valence-corrected chi connectivity index (χ3v) is 3.94. The van der Waals surface area contributed by atoms with Gasteiger partial charge in [0.15, 0.2) is 0 Å². The van der Waals surface area contributed by atoms with E-state index >= 15 is 0 Å². The molecule has 0 aromatic heterocycles. The Kier molecular flexibility index (Phi) is 2.44. The summed E-state index contributed by atoms with van der Waals surface area (Å²) in [6.07, 6.45) is 2.30. The number of hydrogen-bond acceptors (Lipinski definition) is 2. The van der Waals surface area contributed by atoms with Crippen molar-refractivity contribution in [2.75, 3.05) is 20.1 Å². The van der Waals surface area contributed by atoms with E-state index in [9.17, 15) is 4.79 Å². The van der Waals surface area contributed by atoms with E-state index < -0.39 is 0 Å².